The molecule has 0 N–H and O–H groups in total. The molecule has 0 aliphatic rings. The summed E-state index contributed by atoms with van der Waals surface area (Å²) in [6.45, 7) is 0. The molecule has 8 aromatic rings. The van der Waals surface area contributed by atoms with Crippen molar-refractivity contribution in [3.05, 3.63) is 122 Å². The van der Waals surface area contributed by atoms with Gasteiger partial charge < -0.3 is 0 Å². The monoisotopic (exact) mass is 484 g/mol. The minimum Gasteiger partial charge on any atom is -0.236 e. The standard InChI is InChI=1S/C34H20N4/c1-3-13-23-21(9-1)11-7-17-27(23)33-35-19-29-25-15-5-6-16-26(25)30-20-36-34(38-32(30)31(29)37-33)28-18-8-12-22-10-2-4-14-24(22)28/h1-20H. The molecule has 0 fully saturated rings. The van der Waals surface area contributed by atoms with Gasteiger partial charge in [0.1, 0.15) is 11.0 Å². The fourth-order valence-corrected chi connectivity index (χ4v) is 5.57. The van der Waals surface area contributed by atoms with E-state index in [0.717, 1.165) is 65.3 Å². The van der Waals surface area contributed by atoms with E-state index >= 15 is 0 Å². The molecule has 2 heterocycles. The van der Waals surface area contributed by atoms with Crippen molar-refractivity contribution in [1.82, 2.24) is 19.9 Å². The van der Waals surface area contributed by atoms with Crippen LogP contribution in [-0.2, 0) is 0 Å². The van der Waals surface area contributed by atoms with Crippen molar-refractivity contribution in [2.45, 2.75) is 0 Å². The minimum atomic E-state index is 0.691. The molecule has 0 atom stereocenters. The summed E-state index contributed by atoms with van der Waals surface area (Å²) in [6, 6.07) is 37.6. The first-order valence-electron chi connectivity index (χ1n) is 12.7. The molecule has 0 spiro atoms. The van der Waals surface area contributed by atoms with Gasteiger partial charge in [-0.25, -0.2) is 19.9 Å². The van der Waals surface area contributed by atoms with Gasteiger partial charge in [0, 0.05) is 34.3 Å². The maximum atomic E-state index is 5.17. The van der Waals surface area contributed by atoms with Gasteiger partial charge in [-0.15, -0.1) is 0 Å². The van der Waals surface area contributed by atoms with Gasteiger partial charge in [-0.2, -0.15) is 0 Å². The molecule has 4 heteroatoms. The number of hydrogen-bond acceptors (Lipinski definition) is 4. The van der Waals surface area contributed by atoms with Gasteiger partial charge in [0.2, 0.25) is 0 Å². The highest BCUT2D eigenvalue weighted by atomic mass is 14.9. The van der Waals surface area contributed by atoms with E-state index in [2.05, 4.69) is 109 Å². The summed E-state index contributed by atoms with van der Waals surface area (Å²) in [7, 11) is 0. The molecule has 176 valence electrons. The SMILES string of the molecule is c1ccc2c(-c3ncc4c5ccccc5c5cnc(-c6cccc7ccccc67)nc5c4n3)cccc2c1. The molecular formula is C34H20N4. The average molecular weight is 485 g/mol. The lowest BCUT2D eigenvalue weighted by atomic mass is 10.00. The van der Waals surface area contributed by atoms with Crippen LogP contribution in [0.2, 0.25) is 0 Å². The number of benzene rings is 6. The number of nitrogens with zero attached hydrogens (tertiary/aromatic N) is 4. The van der Waals surface area contributed by atoms with Crippen molar-refractivity contribution >= 4 is 54.1 Å². The lowest BCUT2D eigenvalue weighted by Gasteiger charge is -2.12. The molecule has 6 aromatic carbocycles. The van der Waals surface area contributed by atoms with Crippen LogP contribution >= 0.6 is 0 Å². The summed E-state index contributed by atoms with van der Waals surface area (Å²) in [5.41, 5.74) is 3.69. The second kappa shape index (κ2) is 8.15. The van der Waals surface area contributed by atoms with Crippen LogP contribution in [0.1, 0.15) is 0 Å². The van der Waals surface area contributed by atoms with E-state index in [1.54, 1.807) is 0 Å². The van der Waals surface area contributed by atoms with Crippen molar-refractivity contribution < 1.29 is 0 Å². The van der Waals surface area contributed by atoms with Crippen molar-refractivity contribution in [1.29, 1.82) is 0 Å². The largest absolute Gasteiger partial charge is 0.236 e. The van der Waals surface area contributed by atoms with Gasteiger partial charge in [-0.3, -0.25) is 0 Å². The van der Waals surface area contributed by atoms with E-state index in [9.17, 15) is 0 Å². The molecule has 2 aromatic heterocycles. The van der Waals surface area contributed by atoms with Gasteiger partial charge >= 0.3 is 0 Å². The second-order valence-electron chi connectivity index (χ2n) is 9.51. The average Bonchev–Trinajstić information content (AvgIpc) is 3.00. The van der Waals surface area contributed by atoms with E-state index in [1.165, 1.54) is 0 Å². The van der Waals surface area contributed by atoms with Crippen LogP contribution in [0.4, 0.5) is 0 Å². The number of rotatable bonds is 2. The Bertz CT molecular complexity index is 2030. The van der Waals surface area contributed by atoms with E-state index in [0.29, 0.717) is 11.6 Å². The molecule has 4 nitrogen and oxygen atoms in total. The molecule has 0 amide bonds. The second-order valence-corrected chi connectivity index (χ2v) is 9.51. The third-order valence-corrected chi connectivity index (χ3v) is 7.37. The van der Waals surface area contributed by atoms with Crippen molar-refractivity contribution in [2.24, 2.45) is 0 Å². The smallest absolute Gasteiger partial charge is 0.160 e. The number of hydrogen-bond donors (Lipinski definition) is 0. The van der Waals surface area contributed by atoms with E-state index < -0.39 is 0 Å². The topological polar surface area (TPSA) is 51.6 Å². The van der Waals surface area contributed by atoms with Crippen LogP contribution in [0.3, 0.4) is 0 Å². The van der Waals surface area contributed by atoms with Crippen molar-refractivity contribution in [3.8, 4) is 22.8 Å². The third-order valence-electron chi connectivity index (χ3n) is 7.37. The summed E-state index contributed by atoms with van der Waals surface area (Å²) >= 11 is 0. The molecule has 0 radical (unpaired) electrons. The van der Waals surface area contributed by atoms with Crippen LogP contribution in [0.5, 0.6) is 0 Å². The van der Waals surface area contributed by atoms with E-state index in [1.807, 2.05) is 12.4 Å². The van der Waals surface area contributed by atoms with Gasteiger partial charge in [0.25, 0.3) is 0 Å². The highest BCUT2D eigenvalue weighted by Gasteiger charge is 2.16. The molecule has 0 aliphatic heterocycles. The summed E-state index contributed by atoms with van der Waals surface area (Å²) in [5.74, 6) is 1.38. The molecular weight excluding hydrogens is 464 g/mol. The normalized spacial score (nSPS) is 11.7. The van der Waals surface area contributed by atoms with E-state index in [4.69, 9.17) is 19.9 Å². The van der Waals surface area contributed by atoms with Crippen LogP contribution in [0.15, 0.2) is 122 Å². The first-order chi connectivity index (χ1) is 18.8. The number of fused-ring (bicyclic) bond motifs is 8. The van der Waals surface area contributed by atoms with Gasteiger partial charge in [0.15, 0.2) is 11.6 Å². The summed E-state index contributed by atoms with van der Waals surface area (Å²) in [4.78, 5) is 20.0. The summed E-state index contributed by atoms with van der Waals surface area (Å²) in [6.07, 6.45) is 3.89. The number of aromatic nitrogens is 4. The lowest BCUT2D eigenvalue weighted by molar-refractivity contribution is 1.21. The zero-order chi connectivity index (χ0) is 25.1. The Hall–Kier alpha value is -5.22. The predicted molar refractivity (Wildman–Crippen MR) is 156 cm³/mol. The van der Waals surface area contributed by atoms with Gasteiger partial charge in [0.05, 0.1) is 0 Å². The van der Waals surface area contributed by atoms with Crippen LogP contribution in [0.25, 0.3) is 76.9 Å². The third kappa shape index (κ3) is 3.10. The fraction of sp³-hybridized carbons (Fsp3) is 0. The van der Waals surface area contributed by atoms with Crippen molar-refractivity contribution in [2.75, 3.05) is 0 Å². The van der Waals surface area contributed by atoms with Crippen LogP contribution < -0.4 is 0 Å². The zero-order valence-corrected chi connectivity index (χ0v) is 20.3. The Morgan fingerprint density at radius 2 is 0.737 bits per heavy atom. The highest BCUT2D eigenvalue weighted by Crippen LogP contribution is 2.36. The van der Waals surface area contributed by atoms with Gasteiger partial charge in [-0.1, -0.05) is 109 Å². The molecule has 8 rings (SSSR count). The lowest BCUT2D eigenvalue weighted by Crippen LogP contribution is -1.97. The Kier molecular flexibility index (Phi) is 4.49. The van der Waals surface area contributed by atoms with Crippen LogP contribution in [-0.4, -0.2) is 19.9 Å². The minimum absolute atomic E-state index is 0.691. The van der Waals surface area contributed by atoms with Crippen molar-refractivity contribution in [3.63, 3.8) is 0 Å². The summed E-state index contributed by atoms with van der Waals surface area (Å²) < 4.78 is 0. The first kappa shape index (κ1) is 20.9. The molecule has 38 heavy (non-hydrogen) atoms. The zero-order valence-electron chi connectivity index (χ0n) is 20.3. The molecule has 0 unspecified atom stereocenters. The fourth-order valence-electron chi connectivity index (χ4n) is 5.57. The maximum Gasteiger partial charge on any atom is 0.160 e. The summed E-state index contributed by atoms with van der Waals surface area (Å²) in [5, 5.41) is 8.76. The molecule has 0 saturated carbocycles. The quantitative estimate of drug-likeness (QED) is 0.231. The molecule has 0 saturated heterocycles. The highest BCUT2D eigenvalue weighted by molar-refractivity contribution is 6.23. The first-order valence-corrected chi connectivity index (χ1v) is 12.7. The van der Waals surface area contributed by atoms with Crippen LogP contribution in [0, 0.1) is 0 Å². The Balaban J connectivity index is 1.47. The maximum absolute atomic E-state index is 5.17. The van der Waals surface area contributed by atoms with Gasteiger partial charge in [-0.05, 0) is 32.3 Å². The molecule has 0 aliphatic carbocycles. The predicted octanol–water partition coefficient (Wildman–Crippen LogP) is 8.37. The Morgan fingerprint density at radius 1 is 0.342 bits per heavy atom. The van der Waals surface area contributed by atoms with E-state index in [-0.39, 0.29) is 0 Å². The Labute approximate surface area is 218 Å². The molecule has 0 bridgehead atoms. The Morgan fingerprint density at radius 3 is 1.21 bits per heavy atom.